The van der Waals surface area contributed by atoms with Crippen LogP contribution in [0.15, 0.2) is 18.2 Å². The summed E-state index contributed by atoms with van der Waals surface area (Å²) in [6, 6.07) is 6.13. The summed E-state index contributed by atoms with van der Waals surface area (Å²) < 4.78 is 0. The monoisotopic (exact) mass is 383 g/mol. The lowest BCUT2D eigenvalue weighted by Gasteiger charge is -2.34. The lowest BCUT2D eigenvalue weighted by Crippen LogP contribution is -2.38. The number of hydrogen-bond donors (Lipinski definition) is 2. The van der Waals surface area contributed by atoms with E-state index in [0.717, 1.165) is 68.9 Å². The molecule has 1 aliphatic heterocycles. The first-order valence-electron chi connectivity index (χ1n) is 11.1. The first kappa shape index (κ1) is 19.3. The van der Waals surface area contributed by atoms with Gasteiger partial charge >= 0.3 is 0 Å². The Bertz CT molecular complexity index is 715. The SMILES string of the molecule is CC1CCN(c2ccc(NC(=O)C3CC3)cc2C(=O)NC2CCCCC2)CC1. The molecule has 4 rings (SSSR count). The minimum atomic E-state index is 0.00282. The number of nitrogens with one attached hydrogen (secondary N) is 2. The highest BCUT2D eigenvalue weighted by Crippen LogP contribution is 2.32. The van der Waals surface area contributed by atoms with E-state index < -0.39 is 0 Å². The van der Waals surface area contributed by atoms with Gasteiger partial charge in [0.25, 0.3) is 5.91 Å². The van der Waals surface area contributed by atoms with Crippen LogP contribution in [0.2, 0.25) is 0 Å². The molecule has 0 unspecified atom stereocenters. The molecular weight excluding hydrogens is 350 g/mol. The topological polar surface area (TPSA) is 61.4 Å². The zero-order valence-corrected chi connectivity index (χ0v) is 17.0. The Morgan fingerprint density at radius 3 is 2.36 bits per heavy atom. The van der Waals surface area contributed by atoms with E-state index in [1.807, 2.05) is 18.2 Å². The van der Waals surface area contributed by atoms with Gasteiger partial charge in [-0.1, -0.05) is 26.2 Å². The fourth-order valence-corrected chi connectivity index (χ4v) is 4.42. The van der Waals surface area contributed by atoms with Crippen molar-refractivity contribution < 1.29 is 9.59 Å². The quantitative estimate of drug-likeness (QED) is 0.795. The predicted octanol–water partition coefficient (Wildman–Crippen LogP) is 4.33. The third kappa shape index (κ3) is 4.68. The van der Waals surface area contributed by atoms with Crippen LogP contribution >= 0.6 is 0 Å². The minimum absolute atomic E-state index is 0.00282. The van der Waals surface area contributed by atoms with Crippen LogP contribution in [0, 0.1) is 11.8 Å². The number of carbonyl (C=O) groups is 2. The van der Waals surface area contributed by atoms with Gasteiger partial charge < -0.3 is 15.5 Å². The van der Waals surface area contributed by atoms with Gasteiger partial charge in [0.05, 0.1) is 5.56 Å². The Morgan fingerprint density at radius 2 is 1.68 bits per heavy atom. The predicted molar refractivity (Wildman–Crippen MR) is 113 cm³/mol. The highest BCUT2D eigenvalue weighted by Gasteiger charge is 2.30. The minimum Gasteiger partial charge on any atom is -0.371 e. The molecule has 5 nitrogen and oxygen atoms in total. The smallest absolute Gasteiger partial charge is 0.253 e. The number of carbonyl (C=O) groups excluding carboxylic acids is 2. The summed E-state index contributed by atoms with van der Waals surface area (Å²) >= 11 is 0. The molecule has 0 spiro atoms. The van der Waals surface area contributed by atoms with Gasteiger partial charge in [0.2, 0.25) is 5.91 Å². The number of piperidine rings is 1. The highest BCUT2D eigenvalue weighted by molar-refractivity contribution is 6.02. The molecule has 3 fully saturated rings. The van der Waals surface area contributed by atoms with Gasteiger partial charge in [-0.3, -0.25) is 9.59 Å². The zero-order chi connectivity index (χ0) is 19.5. The Labute approximate surface area is 168 Å². The number of anilines is 2. The number of rotatable bonds is 5. The van der Waals surface area contributed by atoms with Crippen LogP contribution in [0.25, 0.3) is 0 Å². The molecule has 0 aromatic heterocycles. The van der Waals surface area contributed by atoms with Crippen molar-refractivity contribution in [2.75, 3.05) is 23.3 Å². The van der Waals surface area contributed by atoms with Crippen LogP contribution in [0.1, 0.15) is 75.1 Å². The van der Waals surface area contributed by atoms with Crippen LogP contribution in [0.4, 0.5) is 11.4 Å². The summed E-state index contributed by atoms with van der Waals surface area (Å²) in [6.07, 6.45) is 10.1. The molecule has 2 amide bonds. The molecule has 3 aliphatic rings. The molecule has 1 aromatic carbocycles. The summed E-state index contributed by atoms with van der Waals surface area (Å²) in [4.78, 5) is 27.7. The van der Waals surface area contributed by atoms with Crippen molar-refractivity contribution in [1.82, 2.24) is 5.32 Å². The lowest BCUT2D eigenvalue weighted by atomic mass is 9.95. The third-order valence-corrected chi connectivity index (χ3v) is 6.52. The van der Waals surface area contributed by atoms with E-state index in [1.54, 1.807) is 0 Å². The molecule has 2 N–H and O–H groups in total. The first-order chi connectivity index (χ1) is 13.6. The maximum absolute atomic E-state index is 13.2. The fraction of sp³-hybridized carbons (Fsp3) is 0.652. The summed E-state index contributed by atoms with van der Waals surface area (Å²) in [5.74, 6) is 0.983. The van der Waals surface area contributed by atoms with E-state index in [0.29, 0.717) is 5.56 Å². The van der Waals surface area contributed by atoms with Gasteiger partial charge in [0.1, 0.15) is 0 Å². The average molecular weight is 384 g/mol. The second-order valence-corrected chi connectivity index (χ2v) is 8.97. The molecule has 5 heteroatoms. The maximum atomic E-state index is 13.2. The van der Waals surface area contributed by atoms with Crippen LogP contribution < -0.4 is 15.5 Å². The highest BCUT2D eigenvalue weighted by atomic mass is 16.2. The van der Waals surface area contributed by atoms with Crippen LogP contribution in [-0.4, -0.2) is 30.9 Å². The second-order valence-electron chi connectivity index (χ2n) is 8.97. The second kappa shape index (κ2) is 8.54. The van der Waals surface area contributed by atoms with Gasteiger partial charge in [-0.2, -0.15) is 0 Å². The van der Waals surface area contributed by atoms with Crippen LogP contribution in [0.5, 0.6) is 0 Å². The molecule has 2 saturated carbocycles. The lowest BCUT2D eigenvalue weighted by molar-refractivity contribution is -0.117. The molecule has 152 valence electrons. The summed E-state index contributed by atoms with van der Waals surface area (Å²) in [6.45, 7) is 4.27. The van der Waals surface area contributed by atoms with Crippen molar-refractivity contribution in [2.24, 2.45) is 11.8 Å². The first-order valence-corrected chi connectivity index (χ1v) is 11.1. The van der Waals surface area contributed by atoms with E-state index in [4.69, 9.17) is 0 Å². The maximum Gasteiger partial charge on any atom is 0.253 e. The van der Waals surface area contributed by atoms with Crippen molar-refractivity contribution in [1.29, 1.82) is 0 Å². The van der Waals surface area contributed by atoms with Gasteiger partial charge in [-0.05, 0) is 62.6 Å². The molecule has 0 radical (unpaired) electrons. The van der Waals surface area contributed by atoms with E-state index in [2.05, 4.69) is 22.5 Å². The van der Waals surface area contributed by atoms with Crippen molar-refractivity contribution in [2.45, 2.75) is 70.8 Å². The standard InChI is InChI=1S/C23H33N3O2/c1-16-11-13-26(14-12-16)21-10-9-19(25-22(27)17-7-8-17)15-20(21)23(28)24-18-5-3-2-4-6-18/h9-10,15-18H,2-8,11-14H2,1H3,(H,24,28)(H,25,27). The molecule has 1 heterocycles. The van der Waals surface area contributed by atoms with Crippen LogP contribution in [0.3, 0.4) is 0 Å². The zero-order valence-electron chi connectivity index (χ0n) is 17.0. The Morgan fingerprint density at radius 1 is 0.964 bits per heavy atom. The summed E-state index contributed by atoms with van der Waals surface area (Å²) in [5.41, 5.74) is 2.44. The van der Waals surface area contributed by atoms with E-state index in [1.165, 1.54) is 19.3 Å². The van der Waals surface area contributed by atoms with Gasteiger partial charge in [0.15, 0.2) is 0 Å². The van der Waals surface area contributed by atoms with Crippen molar-refractivity contribution >= 4 is 23.2 Å². The third-order valence-electron chi connectivity index (χ3n) is 6.52. The Balaban J connectivity index is 1.54. The van der Waals surface area contributed by atoms with Crippen molar-refractivity contribution in [3.63, 3.8) is 0 Å². The average Bonchev–Trinajstić information content (AvgIpc) is 3.55. The van der Waals surface area contributed by atoms with E-state index in [-0.39, 0.29) is 23.8 Å². The Kier molecular flexibility index (Phi) is 5.88. The summed E-state index contributed by atoms with van der Waals surface area (Å²) in [7, 11) is 0. The number of nitrogens with zero attached hydrogens (tertiary/aromatic N) is 1. The molecule has 2 aliphatic carbocycles. The largest absolute Gasteiger partial charge is 0.371 e. The Hall–Kier alpha value is -2.04. The molecule has 0 atom stereocenters. The van der Waals surface area contributed by atoms with E-state index >= 15 is 0 Å². The van der Waals surface area contributed by atoms with Crippen molar-refractivity contribution in [3.05, 3.63) is 23.8 Å². The number of amides is 2. The van der Waals surface area contributed by atoms with Crippen LogP contribution in [-0.2, 0) is 4.79 Å². The number of benzene rings is 1. The normalized spacial score (nSPS) is 21.4. The number of hydrogen-bond acceptors (Lipinski definition) is 3. The summed E-state index contributed by atoms with van der Waals surface area (Å²) in [5, 5.41) is 6.26. The van der Waals surface area contributed by atoms with Crippen molar-refractivity contribution in [3.8, 4) is 0 Å². The van der Waals surface area contributed by atoms with Gasteiger partial charge in [-0.25, -0.2) is 0 Å². The molecule has 28 heavy (non-hydrogen) atoms. The fourth-order valence-electron chi connectivity index (χ4n) is 4.42. The van der Waals surface area contributed by atoms with E-state index in [9.17, 15) is 9.59 Å². The molecule has 0 bridgehead atoms. The van der Waals surface area contributed by atoms with Gasteiger partial charge in [-0.15, -0.1) is 0 Å². The molecule has 1 saturated heterocycles. The molecule has 1 aromatic rings. The molecular formula is C23H33N3O2. The van der Waals surface area contributed by atoms with Gasteiger partial charge in [0, 0.05) is 36.4 Å².